The molecule has 5 unspecified atom stereocenters. The van der Waals surface area contributed by atoms with Crippen LogP contribution in [0.1, 0.15) is 40.0 Å². The third-order valence-corrected chi connectivity index (χ3v) is 4.22. The zero-order valence-electron chi connectivity index (χ0n) is 11.8. The van der Waals surface area contributed by atoms with Crippen molar-refractivity contribution in [2.75, 3.05) is 13.2 Å². The van der Waals surface area contributed by atoms with Crippen LogP contribution in [-0.4, -0.2) is 42.1 Å². The van der Waals surface area contributed by atoms with E-state index in [0.29, 0.717) is 18.4 Å². The summed E-state index contributed by atoms with van der Waals surface area (Å²) in [7, 11) is 0. The summed E-state index contributed by atoms with van der Waals surface area (Å²) in [4.78, 5) is 14.6. The SMILES string of the molecule is CC1CC(N)CC(C(=O)N2CC(C)OCC2C)C1. The number of nitrogens with two attached hydrogens (primary N) is 1. The molecule has 4 nitrogen and oxygen atoms in total. The second-order valence-electron chi connectivity index (χ2n) is 6.25. The van der Waals surface area contributed by atoms with Crippen LogP contribution >= 0.6 is 0 Å². The van der Waals surface area contributed by atoms with Crippen molar-refractivity contribution in [3.63, 3.8) is 0 Å². The molecule has 1 aliphatic carbocycles. The van der Waals surface area contributed by atoms with Crippen molar-refractivity contribution in [2.45, 2.75) is 58.2 Å². The molecule has 1 aliphatic heterocycles. The van der Waals surface area contributed by atoms with Gasteiger partial charge in [0.05, 0.1) is 18.8 Å². The Morgan fingerprint density at radius 2 is 1.94 bits per heavy atom. The highest BCUT2D eigenvalue weighted by Crippen LogP contribution is 2.30. The molecule has 4 heteroatoms. The lowest BCUT2D eigenvalue weighted by molar-refractivity contribution is -0.149. The van der Waals surface area contributed by atoms with Gasteiger partial charge < -0.3 is 15.4 Å². The predicted molar refractivity (Wildman–Crippen MR) is 71.1 cm³/mol. The standard InChI is InChI=1S/C14H26N2O2/c1-9-4-12(6-13(15)5-9)14(17)16-7-11(3)18-8-10(16)2/h9-13H,4-8,15H2,1-3H3. The molecule has 1 saturated carbocycles. The number of nitrogens with zero attached hydrogens (tertiary/aromatic N) is 1. The fourth-order valence-corrected chi connectivity index (χ4v) is 3.30. The van der Waals surface area contributed by atoms with Crippen molar-refractivity contribution in [1.82, 2.24) is 4.90 Å². The Balaban J connectivity index is 2.01. The van der Waals surface area contributed by atoms with E-state index >= 15 is 0 Å². The summed E-state index contributed by atoms with van der Waals surface area (Å²) in [5, 5.41) is 0. The van der Waals surface area contributed by atoms with E-state index < -0.39 is 0 Å². The van der Waals surface area contributed by atoms with Gasteiger partial charge in [-0.2, -0.15) is 0 Å². The molecule has 0 bridgehead atoms. The van der Waals surface area contributed by atoms with Crippen LogP contribution in [0.4, 0.5) is 0 Å². The van der Waals surface area contributed by atoms with Crippen molar-refractivity contribution in [1.29, 1.82) is 0 Å². The Bertz CT molecular complexity index is 298. The number of hydrogen-bond donors (Lipinski definition) is 1. The summed E-state index contributed by atoms with van der Waals surface area (Å²) in [6, 6.07) is 0.388. The zero-order valence-corrected chi connectivity index (χ0v) is 11.8. The lowest BCUT2D eigenvalue weighted by Gasteiger charge is -2.40. The molecule has 18 heavy (non-hydrogen) atoms. The maximum Gasteiger partial charge on any atom is 0.226 e. The van der Waals surface area contributed by atoms with Gasteiger partial charge in [-0.3, -0.25) is 4.79 Å². The van der Waals surface area contributed by atoms with Crippen LogP contribution in [0.5, 0.6) is 0 Å². The molecule has 5 atom stereocenters. The number of morpholine rings is 1. The average molecular weight is 254 g/mol. The largest absolute Gasteiger partial charge is 0.375 e. The second-order valence-corrected chi connectivity index (χ2v) is 6.25. The minimum atomic E-state index is 0.122. The first-order valence-electron chi connectivity index (χ1n) is 7.15. The Morgan fingerprint density at radius 3 is 2.61 bits per heavy atom. The van der Waals surface area contributed by atoms with E-state index in [1.54, 1.807) is 0 Å². The second kappa shape index (κ2) is 5.57. The Kier molecular flexibility index (Phi) is 4.28. The minimum Gasteiger partial charge on any atom is -0.375 e. The number of ether oxygens (including phenoxy) is 1. The van der Waals surface area contributed by atoms with Gasteiger partial charge in [0.1, 0.15) is 0 Å². The molecule has 104 valence electrons. The maximum absolute atomic E-state index is 12.6. The zero-order chi connectivity index (χ0) is 13.3. The van der Waals surface area contributed by atoms with Gasteiger partial charge in [-0.25, -0.2) is 0 Å². The molecule has 0 aromatic rings. The molecule has 0 spiro atoms. The summed E-state index contributed by atoms with van der Waals surface area (Å²) in [6.07, 6.45) is 3.05. The highest BCUT2D eigenvalue weighted by molar-refractivity contribution is 5.79. The number of carbonyl (C=O) groups excluding carboxylic acids is 1. The fourth-order valence-electron chi connectivity index (χ4n) is 3.30. The maximum atomic E-state index is 12.6. The number of amides is 1. The Morgan fingerprint density at radius 1 is 1.22 bits per heavy atom. The summed E-state index contributed by atoms with van der Waals surface area (Å²) in [6.45, 7) is 7.67. The Labute approximate surface area is 110 Å². The topological polar surface area (TPSA) is 55.6 Å². The number of hydrogen-bond acceptors (Lipinski definition) is 3. The van der Waals surface area contributed by atoms with Crippen molar-refractivity contribution in [2.24, 2.45) is 17.6 Å². The van der Waals surface area contributed by atoms with E-state index in [9.17, 15) is 4.79 Å². The van der Waals surface area contributed by atoms with Crippen molar-refractivity contribution in [3.8, 4) is 0 Å². The predicted octanol–water partition coefficient (Wildman–Crippen LogP) is 1.39. The highest BCUT2D eigenvalue weighted by Gasteiger charge is 2.35. The molecule has 0 aromatic heterocycles. The van der Waals surface area contributed by atoms with Crippen molar-refractivity contribution in [3.05, 3.63) is 0 Å². The van der Waals surface area contributed by atoms with Crippen LogP contribution in [0.3, 0.4) is 0 Å². The molecule has 2 fully saturated rings. The van der Waals surface area contributed by atoms with Crippen LogP contribution in [-0.2, 0) is 9.53 Å². The molecule has 2 rings (SSSR count). The van der Waals surface area contributed by atoms with Crippen LogP contribution in [0.25, 0.3) is 0 Å². The molecule has 1 saturated heterocycles. The van der Waals surface area contributed by atoms with Crippen LogP contribution < -0.4 is 5.73 Å². The van der Waals surface area contributed by atoms with Crippen LogP contribution in [0, 0.1) is 11.8 Å². The number of rotatable bonds is 1. The quantitative estimate of drug-likeness (QED) is 0.769. The molecule has 0 aromatic carbocycles. The van der Waals surface area contributed by atoms with E-state index in [-0.39, 0.29) is 24.1 Å². The molecular weight excluding hydrogens is 228 g/mol. The molecule has 1 amide bonds. The first kappa shape index (κ1) is 13.8. The number of carbonyl (C=O) groups is 1. The van der Waals surface area contributed by atoms with E-state index in [2.05, 4.69) is 13.8 Å². The fraction of sp³-hybridized carbons (Fsp3) is 0.929. The van der Waals surface area contributed by atoms with E-state index in [1.807, 2.05) is 11.8 Å². The smallest absolute Gasteiger partial charge is 0.226 e. The van der Waals surface area contributed by atoms with Crippen molar-refractivity contribution < 1.29 is 9.53 Å². The summed E-state index contributed by atoms with van der Waals surface area (Å²) in [5.74, 6) is 0.979. The van der Waals surface area contributed by atoms with Gasteiger partial charge >= 0.3 is 0 Å². The monoisotopic (exact) mass is 254 g/mol. The van der Waals surface area contributed by atoms with Gasteiger partial charge in [-0.05, 0) is 39.0 Å². The molecule has 0 radical (unpaired) electrons. The lowest BCUT2D eigenvalue weighted by atomic mass is 9.79. The third kappa shape index (κ3) is 3.04. The highest BCUT2D eigenvalue weighted by atomic mass is 16.5. The minimum absolute atomic E-state index is 0.122. The van der Waals surface area contributed by atoms with E-state index in [4.69, 9.17) is 10.5 Å². The molecule has 2 N–H and O–H groups in total. The van der Waals surface area contributed by atoms with Crippen LogP contribution in [0.2, 0.25) is 0 Å². The third-order valence-electron chi connectivity index (χ3n) is 4.22. The first-order chi connectivity index (χ1) is 8.47. The van der Waals surface area contributed by atoms with Gasteiger partial charge in [-0.1, -0.05) is 6.92 Å². The molecular formula is C14H26N2O2. The van der Waals surface area contributed by atoms with Crippen LogP contribution in [0.15, 0.2) is 0 Å². The summed E-state index contributed by atoms with van der Waals surface area (Å²) < 4.78 is 5.58. The van der Waals surface area contributed by atoms with Gasteiger partial charge in [0.2, 0.25) is 5.91 Å². The average Bonchev–Trinajstić information content (AvgIpc) is 2.30. The first-order valence-corrected chi connectivity index (χ1v) is 7.15. The van der Waals surface area contributed by atoms with Gasteiger partial charge in [-0.15, -0.1) is 0 Å². The van der Waals surface area contributed by atoms with Crippen molar-refractivity contribution >= 4 is 5.91 Å². The Hall–Kier alpha value is -0.610. The van der Waals surface area contributed by atoms with E-state index in [0.717, 1.165) is 25.8 Å². The van der Waals surface area contributed by atoms with Gasteiger partial charge in [0.15, 0.2) is 0 Å². The molecule has 1 heterocycles. The van der Waals surface area contributed by atoms with Gasteiger partial charge in [0.25, 0.3) is 0 Å². The molecule has 2 aliphatic rings. The normalized spacial score (nSPS) is 41.8. The summed E-state index contributed by atoms with van der Waals surface area (Å²) >= 11 is 0. The lowest BCUT2D eigenvalue weighted by Crippen LogP contribution is -2.53. The van der Waals surface area contributed by atoms with Gasteiger partial charge in [0, 0.05) is 18.5 Å². The van der Waals surface area contributed by atoms with E-state index in [1.165, 1.54) is 0 Å². The summed E-state index contributed by atoms with van der Waals surface area (Å²) in [5.41, 5.74) is 6.05.